The minimum absolute atomic E-state index is 0.138. The fraction of sp³-hybridized carbons (Fsp3) is 0.227. The van der Waals surface area contributed by atoms with Gasteiger partial charge in [-0.15, -0.1) is 0 Å². The van der Waals surface area contributed by atoms with Crippen molar-refractivity contribution in [1.29, 1.82) is 0 Å². The summed E-state index contributed by atoms with van der Waals surface area (Å²) in [5.74, 6) is 1.11. The molecular weight excluding hydrogens is 396 g/mol. The Kier molecular flexibility index (Phi) is 7.23. The zero-order chi connectivity index (χ0) is 22.2. The van der Waals surface area contributed by atoms with Crippen LogP contribution in [0, 0.1) is 0 Å². The summed E-state index contributed by atoms with van der Waals surface area (Å²) in [4.78, 5) is 20.4. The van der Waals surface area contributed by atoms with Crippen molar-refractivity contribution < 1.29 is 14.3 Å². The van der Waals surface area contributed by atoms with E-state index in [4.69, 9.17) is 20.9 Å². The lowest BCUT2D eigenvalue weighted by atomic mass is 10.1. The Hall–Kier alpha value is -3.85. The molecule has 0 saturated carbocycles. The summed E-state index contributed by atoms with van der Waals surface area (Å²) in [7, 11) is 3.11. The van der Waals surface area contributed by atoms with E-state index in [1.807, 2.05) is 30.3 Å². The maximum atomic E-state index is 11.9. The minimum Gasteiger partial charge on any atom is -0.497 e. The highest BCUT2D eigenvalue weighted by molar-refractivity contribution is 5.98. The predicted octanol–water partition coefficient (Wildman–Crippen LogP) is 2.32. The number of ether oxygens (including phenoxy) is 2. The molecule has 1 aromatic heterocycles. The van der Waals surface area contributed by atoms with Crippen molar-refractivity contribution >= 4 is 23.4 Å². The summed E-state index contributed by atoms with van der Waals surface area (Å²) < 4.78 is 10.6. The number of nitrogens with zero attached hydrogens (tertiary/aromatic N) is 2. The third-order valence-corrected chi connectivity index (χ3v) is 4.53. The number of hydrogen-bond acceptors (Lipinski definition) is 8. The van der Waals surface area contributed by atoms with Crippen LogP contribution in [0.2, 0.25) is 0 Å². The summed E-state index contributed by atoms with van der Waals surface area (Å²) in [6.07, 6.45) is 2.09. The standard InChI is InChI=1S/C22H26N6O3/c1-30-17-9-16(10-18(11-17)31-2)27-21-19(20(24)29)13-26-22(28-21)25-12-15(23)8-14-6-4-3-5-7-14/h3-7,9-11,13,15H,8,12,23H2,1-2H3,(H2,24,29)(H2,25,26,27,28)/t15-/m0/s1. The number of carbonyl (C=O) groups excluding carboxylic acids is 1. The Bertz CT molecular complexity index is 1010. The van der Waals surface area contributed by atoms with Crippen LogP contribution < -0.4 is 31.6 Å². The molecule has 1 amide bonds. The van der Waals surface area contributed by atoms with Crippen LogP contribution in [0.15, 0.2) is 54.7 Å². The first-order chi connectivity index (χ1) is 15.0. The third kappa shape index (κ3) is 6.06. The molecule has 9 heteroatoms. The van der Waals surface area contributed by atoms with Gasteiger partial charge in [0.1, 0.15) is 22.9 Å². The summed E-state index contributed by atoms with van der Waals surface area (Å²) in [6.45, 7) is 0.456. The number of amides is 1. The second kappa shape index (κ2) is 10.3. The number of carbonyl (C=O) groups is 1. The number of methoxy groups -OCH3 is 2. The number of nitrogens with one attached hydrogen (secondary N) is 2. The molecule has 31 heavy (non-hydrogen) atoms. The zero-order valence-electron chi connectivity index (χ0n) is 17.5. The van der Waals surface area contributed by atoms with Gasteiger partial charge in [-0.05, 0) is 12.0 Å². The van der Waals surface area contributed by atoms with E-state index in [-0.39, 0.29) is 17.4 Å². The van der Waals surface area contributed by atoms with Crippen LogP contribution in [0.4, 0.5) is 17.5 Å². The highest BCUT2D eigenvalue weighted by Gasteiger charge is 2.14. The van der Waals surface area contributed by atoms with Crippen LogP contribution in [-0.4, -0.2) is 42.7 Å². The van der Waals surface area contributed by atoms with E-state index < -0.39 is 5.91 Å². The van der Waals surface area contributed by atoms with E-state index in [9.17, 15) is 4.79 Å². The average molecular weight is 422 g/mol. The Morgan fingerprint density at radius 2 is 1.77 bits per heavy atom. The summed E-state index contributed by atoms with van der Waals surface area (Å²) in [5, 5.41) is 6.20. The monoisotopic (exact) mass is 422 g/mol. The number of benzene rings is 2. The van der Waals surface area contributed by atoms with Gasteiger partial charge in [0, 0.05) is 42.7 Å². The maximum Gasteiger partial charge on any atom is 0.254 e. The second-order valence-electron chi connectivity index (χ2n) is 6.88. The first-order valence-corrected chi connectivity index (χ1v) is 9.68. The van der Waals surface area contributed by atoms with Crippen molar-refractivity contribution in [3.8, 4) is 11.5 Å². The van der Waals surface area contributed by atoms with Gasteiger partial charge in [-0.1, -0.05) is 30.3 Å². The van der Waals surface area contributed by atoms with Gasteiger partial charge in [0.05, 0.1) is 14.2 Å². The fourth-order valence-electron chi connectivity index (χ4n) is 2.97. The molecule has 0 radical (unpaired) electrons. The molecule has 0 unspecified atom stereocenters. The molecule has 6 N–H and O–H groups in total. The van der Waals surface area contributed by atoms with Crippen molar-refractivity contribution in [2.24, 2.45) is 11.5 Å². The average Bonchev–Trinajstić information content (AvgIpc) is 2.78. The van der Waals surface area contributed by atoms with Crippen LogP contribution in [0.5, 0.6) is 11.5 Å². The van der Waals surface area contributed by atoms with E-state index in [0.717, 1.165) is 5.56 Å². The van der Waals surface area contributed by atoms with E-state index in [1.165, 1.54) is 6.20 Å². The molecule has 0 bridgehead atoms. The van der Waals surface area contributed by atoms with E-state index >= 15 is 0 Å². The van der Waals surface area contributed by atoms with Gasteiger partial charge in [-0.3, -0.25) is 4.79 Å². The maximum absolute atomic E-state index is 11.9. The van der Waals surface area contributed by atoms with E-state index in [0.29, 0.717) is 36.1 Å². The largest absolute Gasteiger partial charge is 0.497 e. The first kappa shape index (κ1) is 21.8. The van der Waals surface area contributed by atoms with Crippen LogP contribution >= 0.6 is 0 Å². The van der Waals surface area contributed by atoms with Crippen LogP contribution in [0.3, 0.4) is 0 Å². The lowest BCUT2D eigenvalue weighted by Gasteiger charge is -2.15. The molecule has 3 rings (SSSR count). The predicted molar refractivity (Wildman–Crippen MR) is 120 cm³/mol. The Morgan fingerprint density at radius 1 is 1.10 bits per heavy atom. The first-order valence-electron chi connectivity index (χ1n) is 9.68. The third-order valence-electron chi connectivity index (χ3n) is 4.53. The molecule has 9 nitrogen and oxygen atoms in total. The Labute approximate surface area is 180 Å². The lowest BCUT2D eigenvalue weighted by Crippen LogP contribution is -2.31. The quantitative estimate of drug-likeness (QED) is 0.391. The Morgan fingerprint density at radius 3 is 2.39 bits per heavy atom. The molecule has 162 valence electrons. The van der Waals surface area contributed by atoms with Crippen molar-refractivity contribution in [1.82, 2.24) is 9.97 Å². The molecule has 0 aliphatic rings. The number of primary amides is 1. The highest BCUT2D eigenvalue weighted by Crippen LogP contribution is 2.28. The molecule has 3 aromatic rings. The SMILES string of the molecule is COc1cc(Nc2nc(NC[C@@H](N)Cc3ccccc3)ncc2C(N)=O)cc(OC)c1. The normalized spacial score (nSPS) is 11.5. The number of anilines is 3. The summed E-state index contributed by atoms with van der Waals surface area (Å²) in [5.41, 5.74) is 13.6. The highest BCUT2D eigenvalue weighted by atomic mass is 16.5. The minimum atomic E-state index is -0.648. The smallest absolute Gasteiger partial charge is 0.254 e. The zero-order valence-corrected chi connectivity index (χ0v) is 17.5. The van der Waals surface area contributed by atoms with Gasteiger partial charge < -0.3 is 31.6 Å². The van der Waals surface area contributed by atoms with Gasteiger partial charge in [0.25, 0.3) is 5.91 Å². The van der Waals surface area contributed by atoms with Gasteiger partial charge in [-0.2, -0.15) is 4.98 Å². The van der Waals surface area contributed by atoms with Gasteiger partial charge in [0.2, 0.25) is 5.95 Å². The molecule has 0 saturated heterocycles. The van der Waals surface area contributed by atoms with Crippen molar-refractivity contribution in [2.45, 2.75) is 12.5 Å². The number of hydrogen-bond donors (Lipinski definition) is 4. The number of nitrogens with two attached hydrogens (primary N) is 2. The number of aromatic nitrogens is 2. The van der Waals surface area contributed by atoms with Crippen LogP contribution in [0.1, 0.15) is 15.9 Å². The van der Waals surface area contributed by atoms with Crippen LogP contribution in [0.25, 0.3) is 0 Å². The second-order valence-corrected chi connectivity index (χ2v) is 6.88. The van der Waals surface area contributed by atoms with E-state index in [2.05, 4.69) is 20.6 Å². The molecule has 0 aliphatic carbocycles. The fourth-order valence-corrected chi connectivity index (χ4v) is 2.97. The lowest BCUT2D eigenvalue weighted by molar-refractivity contribution is 0.100. The molecule has 1 heterocycles. The Balaban J connectivity index is 1.75. The summed E-state index contributed by atoms with van der Waals surface area (Å²) in [6, 6.07) is 15.1. The van der Waals surface area contributed by atoms with Crippen molar-refractivity contribution in [3.63, 3.8) is 0 Å². The van der Waals surface area contributed by atoms with Gasteiger partial charge >= 0.3 is 0 Å². The van der Waals surface area contributed by atoms with Gasteiger partial charge in [-0.25, -0.2) is 4.98 Å². The van der Waals surface area contributed by atoms with Gasteiger partial charge in [0.15, 0.2) is 0 Å². The molecular formula is C22H26N6O3. The van der Waals surface area contributed by atoms with Crippen molar-refractivity contribution in [3.05, 3.63) is 65.9 Å². The van der Waals surface area contributed by atoms with E-state index in [1.54, 1.807) is 32.4 Å². The number of rotatable bonds is 10. The molecule has 1 atom stereocenters. The molecule has 0 fully saturated rings. The van der Waals surface area contributed by atoms with Crippen molar-refractivity contribution in [2.75, 3.05) is 31.4 Å². The topological polar surface area (TPSA) is 137 Å². The summed E-state index contributed by atoms with van der Waals surface area (Å²) >= 11 is 0. The molecule has 0 spiro atoms. The molecule has 2 aromatic carbocycles. The van der Waals surface area contributed by atoms with Crippen LogP contribution in [-0.2, 0) is 6.42 Å². The molecule has 0 aliphatic heterocycles.